The van der Waals surface area contributed by atoms with E-state index in [4.69, 9.17) is 24.2 Å². The molecule has 0 amide bonds. The number of hydrogen-bond donors (Lipinski definition) is 0. The summed E-state index contributed by atoms with van der Waals surface area (Å²) in [4.78, 5) is 28.9. The highest BCUT2D eigenvalue weighted by molar-refractivity contribution is 5.93. The third-order valence-electron chi connectivity index (χ3n) is 9.08. The summed E-state index contributed by atoms with van der Waals surface area (Å²) < 4.78 is 19.1. The number of hydrogen-bond acceptors (Lipinski definition) is 8. The Morgan fingerprint density at radius 1 is 1.02 bits per heavy atom. The highest BCUT2D eigenvalue weighted by Gasteiger charge is 2.30. The number of methoxy groups -OCH3 is 1. The number of piperidine rings is 1. The second-order valence-corrected chi connectivity index (χ2v) is 11.8. The SMILES string of the molecule is COC(=O)c1ccc2nc([C@H](C)N3CCC(c4cccc(OCc5ccc6cnccc6c5)n4)CC3)n(C[C@@H]3CCO3)c2c1. The number of fused-ring (bicyclic) bond motifs is 2. The van der Waals surface area contributed by atoms with Crippen molar-refractivity contribution in [1.82, 2.24) is 24.4 Å². The molecule has 2 aliphatic heterocycles. The lowest BCUT2D eigenvalue weighted by atomic mass is 9.92. The first kappa shape index (κ1) is 28.4. The number of pyridine rings is 2. The van der Waals surface area contributed by atoms with E-state index in [9.17, 15) is 4.79 Å². The van der Waals surface area contributed by atoms with Gasteiger partial charge in [-0.3, -0.25) is 9.88 Å². The van der Waals surface area contributed by atoms with Gasteiger partial charge in [-0.05, 0) is 86.6 Å². The quantitative estimate of drug-likeness (QED) is 0.191. The molecule has 0 saturated carbocycles. The van der Waals surface area contributed by atoms with E-state index in [2.05, 4.69) is 45.6 Å². The van der Waals surface area contributed by atoms with E-state index in [1.165, 1.54) is 7.11 Å². The Morgan fingerprint density at radius 3 is 2.68 bits per heavy atom. The molecule has 7 rings (SSSR count). The first-order chi connectivity index (χ1) is 21.6. The predicted octanol–water partition coefficient (Wildman–Crippen LogP) is 6.07. The molecule has 226 valence electrons. The standard InChI is InChI=1S/C35H37N5O4/c1-23(34-38-31-9-8-27(35(41)42-2)19-32(31)40(34)21-29-13-17-43-29)39-15-11-25(12-16-39)30-4-3-5-33(37-30)44-22-24-6-7-28-20-36-14-10-26(28)18-24/h3-10,14,18-20,23,25,29H,11-13,15-17,21-22H2,1-2H3/t23-,29-/m0/s1. The van der Waals surface area contributed by atoms with Crippen LogP contribution in [0.15, 0.2) is 73.1 Å². The topological polar surface area (TPSA) is 91.6 Å². The third kappa shape index (κ3) is 5.77. The predicted molar refractivity (Wildman–Crippen MR) is 168 cm³/mol. The molecule has 0 radical (unpaired) electrons. The summed E-state index contributed by atoms with van der Waals surface area (Å²) in [5.41, 5.74) is 4.56. The first-order valence-corrected chi connectivity index (χ1v) is 15.4. The van der Waals surface area contributed by atoms with E-state index in [0.29, 0.717) is 24.0 Å². The van der Waals surface area contributed by atoms with Crippen LogP contribution in [0, 0.1) is 0 Å². The van der Waals surface area contributed by atoms with Crippen molar-refractivity contribution in [2.24, 2.45) is 0 Å². The molecule has 5 aromatic rings. The van der Waals surface area contributed by atoms with Gasteiger partial charge in [0.15, 0.2) is 0 Å². The Bertz CT molecular complexity index is 1790. The van der Waals surface area contributed by atoms with Gasteiger partial charge >= 0.3 is 5.97 Å². The van der Waals surface area contributed by atoms with Crippen LogP contribution in [0.3, 0.4) is 0 Å². The highest BCUT2D eigenvalue weighted by Crippen LogP contribution is 2.34. The minimum absolute atomic E-state index is 0.116. The molecule has 2 atom stereocenters. The Hall–Kier alpha value is -4.34. The number of benzene rings is 2. The fourth-order valence-electron chi connectivity index (χ4n) is 6.39. The van der Waals surface area contributed by atoms with Crippen LogP contribution in [-0.4, -0.2) is 63.3 Å². The van der Waals surface area contributed by atoms with E-state index >= 15 is 0 Å². The number of likely N-dealkylation sites (tertiary alicyclic amines) is 1. The van der Waals surface area contributed by atoms with E-state index in [-0.39, 0.29) is 18.1 Å². The van der Waals surface area contributed by atoms with E-state index in [1.807, 2.05) is 42.7 Å². The molecule has 0 N–H and O–H groups in total. The van der Waals surface area contributed by atoms with Crippen molar-refractivity contribution >= 4 is 27.8 Å². The number of rotatable bonds is 9. The molecule has 44 heavy (non-hydrogen) atoms. The molecule has 0 spiro atoms. The number of aromatic nitrogens is 4. The van der Waals surface area contributed by atoms with Gasteiger partial charge in [0.2, 0.25) is 5.88 Å². The summed E-state index contributed by atoms with van der Waals surface area (Å²) >= 11 is 0. The average molecular weight is 592 g/mol. The molecule has 0 aliphatic carbocycles. The summed E-state index contributed by atoms with van der Waals surface area (Å²) in [6.07, 6.45) is 6.91. The molecule has 9 heteroatoms. The maximum atomic E-state index is 12.3. The van der Waals surface area contributed by atoms with Crippen molar-refractivity contribution in [1.29, 1.82) is 0 Å². The van der Waals surface area contributed by atoms with Gasteiger partial charge in [-0.25, -0.2) is 14.8 Å². The minimum atomic E-state index is -0.342. The molecule has 2 aliphatic rings. The largest absolute Gasteiger partial charge is 0.473 e. The van der Waals surface area contributed by atoms with E-state index in [1.54, 1.807) is 6.07 Å². The van der Waals surface area contributed by atoms with Gasteiger partial charge in [-0.15, -0.1) is 0 Å². The van der Waals surface area contributed by atoms with Gasteiger partial charge in [0, 0.05) is 42.1 Å². The van der Waals surface area contributed by atoms with Gasteiger partial charge in [-0.1, -0.05) is 18.2 Å². The number of carbonyl (C=O) groups is 1. The maximum absolute atomic E-state index is 12.3. The van der Waals surface area contributed by atoms with Crippen LogP contribution in [0.1, 0.15) is 65.6 Å². The van der Waals surface area contributed by atoms with Gasteiger partial charge in [0.1, 0.15) is 12.4 Å². The van der Waals surface area contributed by atoms with E-state index in [0.717, 1.165) is 84.4 Å². The Balaban J connectivity index is 1.03. The minimum Gasteiger partial charge on any atom is -0.473 e. The van der Waals surface area contributed by atoms with Crippen molar-refractivity contribution in [2.45, 2.75) is 57.4 Å². The van der Waals surface area contributed by atoms with Gasteiger partial charge in [0.25, 0.3) is 0 Å². The van der Waals surface area contributed by atoms with Gasteiger partial charge in [0.05, 0.1) is 42.4 Å². The number of nitrogens with zero attached hydrogens (tertiary/aromatic N) is 5. The first-order valence-electron chi connectivity index (χ1n) is 15.4. The summed E-state index contributed by atoms with van der Waals surface area (Å²) in [5.74, 6) is 1.70. The lowest BCUT2D eigenvalue weighted by Gasteiger charge is -2.36. The molecule has 9 nitrogen and oxygen atoms in total. The van der Waals surface area contributed by atoms with E-state index < -0.39 is 0 Å². The fraction of sp³-hybridized carbons (Fsp3) is 0.371. The summed E-state index contributed by atoms with van der Waals surface area (Å²) in [6.45, 7) is 6.12. The molecule has 2 fully saturated rings. The molecular weight excluding hydrogens is 554 g/mol. The number of esters is 1. The second kappa shape index (κ2) is 12.3. The molecule has 5 heterocycles. The maximum Gasteiger partial charge on any atom is 0.337 e. The molecule has 0 bridgehead atoms. The Labute approximate surface area is 256 Å². The summed E-state index contributed by atoms with van der Waals surface area (Å²) in [7, 11) is 1.41. The number of carbonyl (C=O) groups excluding carboxylic acids is 1. The van der Waals surface area contributed by atoms with Crippen molar-refractivity contribution in [3.63, 3.8) is 0 Å². The monoisotopic (exact) mass is 591 g/mol. The zero-order valence-electron chi connectivity index (χ0n) is 25.2. The Kier molecular flexibility index (Phi) is 7.97. The zero-order valence-corrected chi connectivity index (χ0v) is 25.2. The molecule has 0 unspecified atom stereocenters. The average Bonchev–Trinajstić information content (AvgIpc) is 3.42. The van der Waals surface area contributed by atoms with Crippen LogP contribution in [0.5, 0.6) is 5.88 Å². The van der Waals surface area contributed by atoms with Gasteiger partial charge in [-0.2, -0.15) is 0 Å². The lowest BCUT2D eigenvalue weighted by molar-refractivity contribution is -0.0594. The summed E-state index contributed by atoms with van der Waals surface area (Å²) in [5, 5.41) is 2.27. The summed E-state index contributed by atoms with van der Waals surface area (Å²) in [6, 6.07) is 20.1. The fourth-order valence-corrected chi connectivity index (χ4v) is 6.39. The van der Waals surface area contributed by atoms with Crippen LogP contribution >= 0.6 is 0 Å². The Morgan fingerprint density at radius 2 is 1.89 bits per heavy atom. The molecule has 2 saturated heterocycles. The van der Waals surface area contributed by atoms with Crippen molar-refractivity contribution < 1.29 is 19.0 Å². The van der Waals surface area contributed by atoms with Crippen LogP contribution in [-0.2, 0) is 22.6 Å². The van der Waals surface area contributed by atoms with Crippen LogP contribution in [0.4, 0.5) is 0 Å². The molecule has 3 aromatic heterocycles. The van der Waals surface area contributed by atoms with Crippen molar-refractivity contribution in [3.8, 4) is 5.88 Å². The molecular formula is C35H37N5O4. The lowest BCUT2D eigenvalue weighted by Crippen LogP contribution is -2.37. The highest BCUT2D eigenvalue weighted by atomic mass is 16.5. The molecule has 2 aromatic carbocycles. The number of ether oxygens (including phenoxy) is 3. The van der Waals surface area contributed by atoms with Crippen LogP contribution < -0.4 is 4.74 Å². The third-order valence-corrected chi connectivity index (χ3v) is 9.08. The van der Waals surface area contributed by atoms with Crippen LogP contribution in [0.25, 0.3) is 21.8 Å². The van der Waals surface area contributed by atoms with Crippen molar-refractivity contribution in [3.05, 3.63) is 95.7 Å². The van der Waals surface area contributed by atoms with Gasteiger partial charge < -0.3 is 18.8 Å². The normalized spacial score (nSPS) is 18.3. The van der Waals surface area contributed by atoms with Crippen LogP contribution in [0.2, 0.25) is 0 Å². The number of imidazole rings is 1. The van der Waals surface area contributed by atoms with Crippen molar-refractivity contribution in [2.75, 3.05) is 26.8 Å². The second-order valence-electron chi connectivity index (χ2n) is 11.8. The zero-order chi connectivity index (χ0) is 30.0. The smallest absolute Gasteiger partial charge is 0.337 e.